The van der Waals surface area contributed by atoms with Crippen LogP contribution in [-0.4, -0.2) is 56.1 Å². The molecule has 0 aromatic carbocycles. The highest BCUT2D eigenvalue weighted by Gasteiger charge is 2.21. The van der Waals surface area contributed by atoms with Crippen molar-refractivity contribution in [1.82, 2.24) is 15.1 Å². The fourth-order valence-electron chi connectivity index (χ4n) is 1.86. The monoisotopic (exact) mass is 199 g/mol. The second-order valence-electron chi connectivity index (χ2n) is 4.12. The maximum Gasteiger partial charge on any atom is 0.319 e. The van der Waals surface area contributed by atoms with Crippen molar-refractivity contribution < 1.29 is 4.79 Å². The second-order valence-corrected chi connectivity index (χ2v) is 4.12. The van der Waals surface area contributed by atoms with Crippen molar-refractivity contribution in [2.75, 3.05) is 34.2 Å². The van der Waals surface area contributed by atoms with Crippen LogP contribution in [0.3, 0.4) is 0 Å². The molecule has 1 fully saturated rings. The molecule has 1 atom stereocenters. The van der Waals surface area contributed by atoms with Crippen molar-refractivity contribution in [3.8, 4) is 0 Å². The van der Waals surface area contributed by atoms with E-state index >= 15 is 0 Å². The summed E-state index contributed by atoms with van der Waals surface area (Å²) in [7, 11) is 5.50. The molecular formula is C10H21N3O. The molecule has 4 nitrogen and oxygen atoms in total. The molecular weight excluding hydrogens is 178 g/mol. The lowest BCUT2D eigenvalue weighted by Crippen LogP contribution is -2.43. The fraction of sp³-hybridized carbons (Fsp3) is 0.900. The highest BCUT2D eigenvalue weighted by atomic mass is 16.2. The van der Waals surface area contributed by atoms with E-state index in [0.717, 1.165) is 32.4 Å². The lowest BCUT2D eigenvalue weighted by Gasteiger charge is -2.29. The first kappa shape index (κ1) is 11.3. The smallest absolute Gasteiger partial charge is 0.319 e. The fourth-order valence-corrected chi connectivity index (χ4v) is 1.86. The lowest BCUT2D eigenvalue weighted by molar-refractivity contribution is 0.159. The molecule has 1 heterocycles. The summed E-state index contributed by atoms with van der Waals surface area (Å²) in [6.45, 7) is 2.11. The van der Waals surface area contributed by atoms with E-state index in [2.05, 4.69) is 5.32 Å². The number of nitrogens with zero attached hydrogens (tertiary/aromatic N) is 2. The SMILES string of the molecule is CN(C)C(=O)N(C)C1CCCNCC1. The minimum atomic E-state index is 0.108. The van der Waals surface area contributed by atoms with Gasteiger partial charge in [0.25, 0.3) is 0 Å². The van der Waals surface area contributed by atoms with Crippen LogP contribution in [0.2, 0.25) is 0 Å². The van der Waals surface area contributed by atoms with Gasteiger partial charge in [0.2, 0.25) is 0 Å². The molecule has 0 spiro atoms. The molecule has 0 aliphatic carbocycles. The van der Waals surface area contributed by atoms with Gasteiger partial charge >= 0.3 is 6.03 Å². The van der Waals surface area contributed by atoms with Crippen LogP contribution >= 0.6 is 0 Å². The highest BCUT2D eigenvalue weighted by molar-refractivity contribution is 5.73. The van der Waals surface area contributed by atoms with Crippen LogP contribution in [-0.2, 0) is 0 Å². The van der Waals surface area contributed by atoms with Crippen LogP contribution in [0.5, 0.6) is 0 Å². The topological polar surface area (TPSA) is 35.6 Å². The third kappa shape index (κ3) is 2.87. The summed E-state index contributed by atoms with van der Waals surface area (Å²) >= 11 is 0. The molecule has 2 amide bonds. The van der Waals surface area contributed by atoms with E-state index < -0.39 is 0 Å². The summed E-state index contributed by atoms with van der Waals surface area (Å²) in [5.74, 6) is 0. The zero-order chi connectivity index (χ0) is 10.6. The third-order valence-electron chi connectivity index (χ3n) is 2.78. The number of carbonyl (C=O) groups is 1. The van der Waals surface area contributed by atoms with Gasteiger partial charge in [-0.25, -0.2) is 4.79 Å². The van der Waals surface area contributed by atoms with Crippen LogP contribution in [0.4, 0.5) is 4.79 Å². The standard InChI is InChI=1S/C10H21N3O/c1-12(2)10(14)13(3)9-5-4-7-11-8-6-9/h9,11H,4-8H2,1-3H3. The highest BCUT2D eigenvalue weighted by Crippen LogP contribution is 2.12. The Labute approximate surface area is 86.2 Å². The van der Waals surface area contributed by atoms with E-state index in [9.17, 15) is 4.79 Å². The van der Waals surface area contributed by atoms with Gasteiger partial charge in [-0.15, -0.1) is 0 Å². The zero-order valence-corrected chi connectivity index (χ0v) is 9.42. The zero-order valence-electron chi connectivity index (χ0n) is 9.42. The van der Waals surface area contributed by atoms with Gasteiger partial charge in [0.1, 0.15) is 0 Å². The van der Waals surface area contributed by atoms with Crippen molar-refractivity contribution in [3.63, 3.8) is 0 Å². The predicted molar refractivity (Wildman–Crippen MR) is 57.4 cm³/mol. The number of amides is 2. The summed E-state index contributed by atoms with van der Waals surface area (Å²) in [6.07, 6.45) is 3.34. The van der Waals surface area contributed by atoms with Crippen LogP contribution in [0.15, 0.2) is 0 Å². The van der Waals surface area contributed by atoms with E-state index in [1.165, 1.54) is 0 Å². The van der Waals surface area contributed by atoms with Gasteiger partial charge < -0.3 is 15.1 Å². The Morgan fingerprint density at radius 3 is 2.57 bits per heavy atom. The second kappa shape index (κ2) is 5.20. The molecule has 1 aliphatic heterocycles. The van der Waals surface area contributed by atoms with Gasteiger partial charge in [-0.2, -0.15) is 0 Å². The summed E-state index contributed by atoms with van der Waals surface area (Å²) in [6, 6.07) is 0.511. The molecule has 0 radical (unpaired) electrons. The van der Waals surface area contributed by atoms with E-state index in [4.69, 9.17) is 0 Å². The first-order valence-electron chi connectivity index (χ1n) is 5.27. The van der Waals surface area contributed by atoms with Crippen LogP contribution in [0.25, 0.3) is 0 Å². The molecule has 1 N–H and O–H groups in total. The van der Waals surface area contributed by atoms with Crippen LogP contribution in [0, 0.1) is 0 Å². The Hall–Kier alpha value is -0.770. The van der Waals surface area contributed by atoms with Gasteiger partial charge in [0.05, 0.1) is 0 Å². The summed E-state index contributed by atoms with van der Waals surface area (Å²) in [5, 5.41) is 3.35. The van der Waals surface area contributed by atoms with E-state index in [1.807, 2.05) is 11.9 Å². The Balaban J connectivity index is 2.49. The minimum absolute atomic E-state index is 0.108. The molecule has 1 saturated heterocycles. The number of nitrogens with one attached hydrogen (secondary N) is 1. The van der Waals surface area contributed by atoms with Gasteiger partial charge in [-0.05, 0) is 32.4 Å². The summed E-state index contributed by atoms with van der Waals surface area (Å²) in [4.78, 5) is 15.2. The van der Waals surface area contributed by atoms with Crippen molar-refractivity contribution in [2.24, 2.45) is 0 Å². The lowest BCUT2D eigenvalue weighted by atomic mass is 10.1. The molecule has 4 heteroatoms. The predicted octanol–water partition coefficient (Wildman–Crippen LogP) is 0.742. The third-order valence-corrected chi connectivity index (χ3v) is 2.78. The van der Waals surface area contributed by atoms with Crippen molar-refractivity contribution >= 4 is 6.03 Å². The van der Waals surface area contributed by atoms with E-state index in [0.29, 0.717) is 6.04 Å². The molecule has 0 saturated carbocycles. The van der Waals surface area contributed by atoms with Gasteiger partial charge in [-0.3, -0.25) is 0 Å². The average molecular weight is 199 g/mol. The van der Waals surface area contributed by atoms with E-state index in [1.54, 1.807) is 19.0 Å². The number of hydrogen-bond acceptors (Lipinski definition) is 2. The average Bonchev–Trinajstić information content (AvgIpc) is 2.43. The van der Waals surface area contributed by atoms with Gasteiger partial charge in [0, 0.05) is 27.2 Å². The number of hydrogen-bond donors (Lipinski definition) is 1. The first-order chi connectivity index (χ1) is 6.63. The van der Waals surface area contributed by atoms with Crippen molar-refractivity contribution in [3.05, 3.63) is 0 Å². The maximum atomic E-state index is 11.7. The number of urea groups is 1. The van der Waals surface area contributed by atoms with Crippen molar-refractivity contribution in [2.45, 2.75) is 25.3 Å². The number of rotatable bonds is 1. The summed E-state index contributed by atoms with van der Waals surface area (Å²) < 4.78 is 0. The Kier molecular flexibility index (Phi) is 4.20. The minimum Gasteiger partial charge on any atom is -0.331 e. The molecule has 0 aromatic heterocycles. The normalized spacial score (nSPS) is 22.6. The maximum absolute atomic E-state index is 11.7. The quantitative estimate of drug-likeness (QED) is 0.676. The van der Waals surface area contributed by atoms with Crippen molar-refractivity contribution in [1.29, 1.82) is 0 Å². The Bertz CT molecular complexity index is 186. The summed E-state index contributed by atoms with van der Waals surface area (Å²) in [5.41, 5.74) is 0. The largest absolute Gasteiger partial charge is 0.331 e. The van der Waals surface area contributed by atoms with Gasteiger partial charge in [0.15, 0.2) is 0 Å². The van der Waals surface area contributed by atoms with E-state index in [-0.39, 0.29) is 6.03 Å². The van der Waals surface area contributed by atoms with Crippen LogP contribution < -0.4 is 5.32 Å². The molecule has 1 rings (SSSR count). The molecule has 14 heavy (non-hydrogen) atoms. The Morgan fingerprint density at radius 1 is 1.21 bits per heavy atom. The molecule has 1 unspecified atom stereocenters. The first-order valence-corrected chi connectivity index (χ1v) is 5.27. The molecule has 0 bridgehead atoms. The molecule has 82 valence electrons. The molecule has 1 aliphatic rings. The van der Waals surface area contributed by atoms with Gasteiger partial charge in [-0.1, -0.05) is 0 Å². The Morgan fingerprint density at radius 2 is 1.93 bits per heavy atom. The van der Waals surface area contributed by atoms with Crippen LogP contribution in [0.1, 0.15) is 19.3 Å². The molecule has 0 aromatic rings. The number of carbonyl (C=O) groups excluding carboxylic acids is 1.